The number of rotatable bonds is 4. The van der Waals surface area contributed by atoms with Crippen molar-refractivity contribution in [2.45, 2.75) is 6.42 Å². The second-order valence-corrected chi connectivity index (χ2v) is 7.11. The highest BCUT2D eigenvalue weighted by atomic mass is 79.9. The predicted octanol–water partition coefficient (Wildman–Crippen LogP) is 3.55. The average molecular weight is 358 g/mol. The Labute approximate surface area is 126 Å². The minimum absolute atomic E-state index is 0.317. The molecule has 0 aliphatic rings. The van der Waals surface area contributed by atoms with Gasteiger partial charge in [0.1, 0.15) is 5.82 Å². The van der Waals surface area contributed by atoms with Crippen LogP contribution in [-0.2, 0) is 16.4 Å². The summed E-state index contributed by atoms with van der Waals surface area (Å²) in [5.74, 6) is -0.325. The highest BCUT2D eigenvalue weighted by Crippen LogP contribution is 2.23. The summed E-state index contributed by atoms with van der Waals surface area (Å²) < 4.78 is 39.6. The smallest absolute Gasteiger partial charge is 0.229 e. The normalized spacial score (nSPS) is 11.3. The molecule has 0 amide bonds. The van der Waals surface area contributed by atoms with Crippen LogP contribution in [0.4, 0.5) is 10.1 Å². The van der Waals surface area contributed by atoms with E-state index < -0.39 is 10.0 Å². The van der Waals surface area contributed by atoms with Crippen molar-refractivity contribution in [1.82, 2.24) is 0 Å². The molecule has 6 heteroatoms. The van der Waals surface area contributed by atoms with E-state index in [1.807, 2.05) is 0 Å². The molecule has 0 spiro atoms. The van der Waals surface area contributed by atoms with Crippen molar-refractivity contribution < 1.29 is 12.8 Å². The van der Waals surface area contributed by atoms with Crippen LogP contribution in [0.25, 0.3) is 0 Å². The van der Waals surface area contributed by atoms with Crippen molar-refractivity contribution in [3.63, 3.8) is 0 Å². The highest BCUT2D eigenvalue weighted by Gasteiger charge is 2.10. The molecule has 0 saturated heterocycles. The number of para-hydroxylation sites is 1. The molecule has 0 fully saturated rings. The zero-order valence-electron chi connectivity index (χ0n) is 10.7. The van der Waals surface area contributed by atoms with Crippen LogP contribution < -0.4 is 4.72 Å². The van der Waals surface area contributed by atoms with E-state index in [9.17, 15) is 12.8 Å². The lowest BCUT2D eigenvalue weighted by molar-refractivity contribution is 0.606. The molecule has 0 atom stereocenters. The van der Waals surface area contributed by atoms with E-state index in [2.05, 4.69) is 20.7 Å². The standard InChI is InChI=1S/C14H13BrFNO2S/c1-20(18,19)17-14-5-3-2-4-11(14)8-10-6-7-12(15)9-13(10)16/h2-7,9,17H,8H2,1H3. The first-order valence-corrected chi connectivity index (χ1v) is 8.53. The molecular formula is C14H13BrFNO2S. The van der Waals surface area contributed by atoms with E-state index in [-0.39, 0.29) is 5.82 Å². The van der Waals surface area contributed by atoms with Gasteiger partial charge in [0.25, 0.3) is 0 Å². The Bertz CT molecular complexity index is 732. The average Bonchev–Trinajstić information content (AvgIpc) is 2.33. The third-order valence-corrected chi connectivity index (χ3v) is 3.79. The summed E-state index contributed by atoms with van der Waals surface area (Å²) in [6.07, 6.45) is 1.40. The molecule has 3 nitrogen and oxygen atoms in total. The van der Waals surface area contributed by atoms with Crippen molar-refractivity contribution in [2.24, 2.45) is 0 Å². The molecule has 0 unspecified atom stereocenters. The van der Waals surface area contributed by atoms with Gasteiger partial charge < -0.3 is 0 Å². The Morgan fingerprint density at radius 3 is 2.50 bits per heavy atom. The monoisotopic (exact) mass is 357 g/mol. The maximum Gasteiger partial charge on any atom is 0.229 e. The van der Waals surface area contributed by atoms with Crippen LogP contribution in [0.1, 0.15) is 11.1 Å². The van der Waals surface area contributed by atoms with E-state index in [4.69, 9.17) is 0 Å². The Balaban J connectivity index is 2.34. The number of sulfonamides is 1. The van der Waals surface area contributed by atoms with Gasteiger partial charge in [0, 0.05) is 10.9 Å². The number of hydrogen-bond donors (Lipinski definition) is 1. The van der Waals surface area contributed by atoms with Crippen molar-refractivity contribution >= 4 is 31.6 Å². The second kappa shape index (κ2) is 5.93. The van der Waals surface area contributed by atoms with Crippen molar-refractivity contribution in [3.05, 3.63) is 63.9 Å². The first kappa shape index (κ1) is 15.0. The molecule has 2 aromatic rings. The van der Waals surface area contributed by atoms with Crippen LogP contribution >= 0.6 is 15.9 Å². The third-order valence-electron chi connectivity index (χ3n) is 2.71. The minimum Gasteiger partial charge on any atom is -0.283 e. The van der Waals surface area contributed by atoms with Crippen LogP contribution in [0.5, 0.6) is 0 Å². The SMILES string of the molecule is CS(=O)(=O)Nc1ccccc1Cc1ccc(Br)cc1F. The molecule has 0 bridgehead atoms. The molecule has 0 aliphatic heterocycles. The fourth-order valence-corrected chi connectivity index (χ4v) is 2.78. The largest absolute Gasteiger partial charge is 0.283 e. The molecule has 1 N–H and O–H groups in total. The van der Waals surface area contributed by atoms with Crippen LogP contribution in [0, 0.1) is 5.82 Å². The fraction of sp³-hybridized carbons (Fsp3) is 0.143. The Morgan fingerprint density at radius 1 is 1.15 bits per heavy atom. The van der Waals surface area contributed by atoms with Crippen molar-refractivity contribution in [1.29, 1.82) is 0 Å². The van der Waals surface area contributed by atoms with Gasteiger partial charge in [-0.15, -0.1) is 0 Å². The topological polar surface area (TPSA) is 46.2 Å². The summed E-state index contributed by atoms with van der Waals surface area (Å²) in [5.41, 5.74) is 1.70. The van der Waals surface area contributed by atoms with Gasteiger partial charge in [0.2, 0.25) is 10.0 Å². The van der Waals surface area contributed by atoms with E-state index >= 15 is 0 Å². The molecule has 0 saturated carbocycles. The summed E-state index contributed by atoms with van der Waals surface area (Å²) in [7, 11) is -3.36. The van der Waals surface area contributed by atoms with Gasteiger partial charge in [-0.25, -0.2) is 12.8 Å². The molecule has 0 radical (unpaired) electrons. The number of halogens is 2. The van der Waals surface area contributed by atoms with Gasteiger partial charge in [-0.2, -0.15) is 0 Å². The van der Waals surface area contributed by atoms with Gasteiger partial charge in [-0.05, 0) is 29.3 Å². The quantitative estimate of drug-likeness (QED) is 0.909. The molecule has 20 heavy (non-hydrogen) atoms. The fourth-order valence-electron chi connectivity index (χ4n) is 1.84. The van der Waals surface area contributed by atoms with E-state index in [1.54, 1.807) is 36.4 Å². The van der Waals surface area contributed by atoms with Crippen LogP contribution in [0.15, 0.2) is 46.9 Å². The number of nitrogens with one attached hydrogen (secondary N) is 1. The molecule has 2 aromatic carbocycles. The van der Waals surface area contributed by atoms with Crippen molar-refractivity contribution in [2.75, 3.05) is 11.0 Å². The molecule has 106 valence electrons. The Hall–Kier alpha value is -1.40. The number of benzene rings is 2. The molecular weight excluding hydrogens is 345 g/mol. The van der Waals surface area contributed by atoms with Crippen LogP contribution in [0.2, 0.25) is 0 Å². The number of anilines is 1. The van der Waals surface area contributed by atoms with Crippen LogP contribution in [0.3, 0.4) is 0 Å². The number of hydrogen-bond acceptors (Lipinski definition) is 2. The summed E-state index contributed by atoms with van der Waals surface area (Å²) in [6.45, 7) is 0. The summed E-state index contributed by atoms with van der Waals surface area (Å²) in [4.78, 5) is 0. The Morgan fingerprint density at radius 2 is 1.85 bits per heavy atom. The molecule has 2 rings (SSSR count). The summed E-state index contributed by atoms with van der Waals surface area (Å²) in [6, 6.07) is 11.8. The van der Waals surface area contributed by atoms with E-state index in [0.29, 0.717) is 22.1 Å². The maximum atomic E-state index is 13.8. The molecule has 0 aliphatic carbocycles. The van der Waals surface area contributed by atoms with E-state index in [0.717, 1.165) is 11.8 Å². The van der Waals surface area contributed by atoms with Gasteiger partial charge in [0.15, 0.2) is 0 Å². The van der Waals surface area contributed by atoms with Crippen LogP contribution in [-0.4, -0.2) is 14.7 Å². The highest BCUT2D eigenvalue weighted by molar-refractivity contribution is 9.10. The first-order chi connectivity index (χ1) is 9.35. The lowest BCUT2D eigenvalue weighted by Gasteiger charge is -2.11. The van der Waals surface area contributed by atoms with E-state index in [1.165, 1.54) is 6.07 Å². The zero-order chi connectivity index (χ0) is 14.8. The predicted molar refractivity (Wildman–Crippen MR) is 81.8 cm³/mol. The minimum atomic E-state index is -3.36. The first-order valence-electron chi connectivity index (χ1n) is 5.85. The molecule has 0 aromatic heterocycles. The van der Waals surface area contributed by atoms with Crippen molar-refractivity contribution in [3.8, 4) is 0 Å². The van der Waals surface area contributed by atoms with Gasteiger partial charge in [-0.1, -0.05) is 40.2 Å². The van der Waals surface area contributed by atoms with Gasteiger partial charge in [0.05, 0.1) is 11.9 Å². The summed E-state index contributed by atoms with van der Waals surface area (Å²) in [5, 5.41) is 0. The van der Waals surface area contributed by atoms with Gasteiger partial charge >= 0.3 is 0 Å². The zero-order valence-corrected chi connectivity index (χ0v) is 13.1. The second-order valence-electron chi connectivity index (χ2n) is 4.44. The summed E-state index contributed by atoms with van der Waals surface area (Å²) >= 11 is 3.20. The lowest BCUT2D eigenvalue weighted by atomic mass is 10.0. The van der Waals surface area contributed by atoms with Gasteiger partial charge in [-0.3, -0.25) is 4.72 Å². The Kier molecular flexibility index (Phi) is 4.45. The maximum absolute atomic E-state index is 13.8. The molecule has 0 heterocycles. The third kappa shape index (κ3) is 4.05. The lowest BCUT2D eigenvalue weighted by Crippen LogP contribution is -2.11.